The van der Waals surface area contributed by atoms with Gasteiger partial charge >= 0.3 is 0 Å². The van der Waals surface area contributed by atoms with Crippen LogP contribution in [0.4, 0.5) is 0 Å². The van der Waals surface area contributed by atoms with Crippen LogP contribution in [0.2, 0.25) is 0 Å². The Bertz CT molecular complexity index is 1340. The number of carbonyl (C=O) groups is 1. The van der Waals surface area contributed by atoms with Crippen LogP contribution in [0.25, 0.3) is 16.8 Å². The average molecular weight is 445 g/mol. The van der Waals surface area contributed by atoms with E-state index in [0.717, 1.165) is 11.3 Å². The molecule has 2 aromatic heterocycles. The van der Waals surface area contributed by atoms with Gasteiger partial charge in [0.15, 0.2) is 0 Å². The molecule has 0 spiro atoms. The summed E-state index contributed by atoms with van der Waals surface area (Å²) in [5.41, 5.74) is 3.68. The number of hydrogen-bond acceptors (Lipinski definition) is 4. The normalized spacial score (nSPS) is 11.5. The number of carbonyl (C=O) groups excluding carboxylic acids is 1. The van der Waals surface area contributed by atoms with Crippen molar-refractivity contribution in [1.82, 2.24) is 19.5 Å². The van der Waals surface area contributed by atoms with Gasteiger partial charge in [-0.3, -0.25) is 9.59 Å². The minimum absolute atomic E-state index is 0.0366. The summed E-state index contributed by atoms with van der Waals surface area (Å²) in [6.45, 7) is 7.11. The zero-order chi connectivity index (χ0) is 23.6. The predicted octanol–water partition coefficient (Wildman–Crippen LogP) is 3.90. The molecule has 0 unspecified atom stereocenters. The molecular formula is C26H28N4O3. The molecular weight excluding hydrogens is 416 g/mol. The van der Waals surface area contributed by atoms with Crippen molar-refractivity contribution in [3.05, 3.63) is 88.5 Å². The van der Waals surface area contributed by atoms with Gasteiger partial charge in [-0.1, -0.05) is 45.0 Å². The molecule has 0 aliphatic heterocycles. The molecule has 1 N–H and O–H groups in total. The largest absolute Gasteiger partial charge is 0.497 e. The molecule has 170 valence electrons. The molecule has 0 aliphatic carbocycles. The van der Waals surface area contributed by atoms with Crippen LogP contribution in [0.1, 0.15) is 36.7 Å². The number of amides is 1. The van der Waals surface area contributed by atoms with Gasteiger partial charge in [0.1, 0.15) is 11.3 Å². The highest BCUT2D eigenvalue weighted by molar-refractivity contribution is 5.94. The van der Waals surface area contributed by atoms with E-state index in [1.54, 1.807) is 34.7 Å². The monoisotopic (exact) mass is 444 g/mol. The van der Waals surface area contributed by atoms with E-state index in [0.29, 0.717) is 29.9 Å². The van der Waals surface area contributed by atoms with E-state index in [2.05, 4.69) is 31.2 Å². The Kier molecular flexibility index (Phi) is 6.05. The fourth-order valence-corrected chi connectivity index (χ4v) is 3.64. The first-order valence-corrected chi connectivity index (χ1v) is 10.9. The molecule has 33 heavy (non-hydrogen) atoms. The van der Waals surface area contributed by atoms with Crippen LogP contribution < -0.4 is 15.6 Å². The van der Waals surface area contributed by atoms with Gasteiger partial charge in [-0.2, -0.15) is 5.10 Å². The Morgan fingerprint density at radius 1 is 1.06 bits per heavy atom. The summed E-state index contributed by atoms with van der Waals surface area (Å²) in [6, 6.07) is 16.9. The summed E-state index contributed by atoms with van der Waals surface area (Å²) in [5.74, 6) is 0.569. The van der Waals surface area contributed by atoms with Crippen molar-refractivity contribution in [3.63, 3.8) is 0 Å². The summed E-state index contributed by atoms with van der Waals surface area (Å²) in [5, 5.41) is 7.40. The van der Waals surface area contributed by atoms with Crippen LogP contribution in [-0.4, -0.2) is 33.7 Å². The zero-order valence-corrected chi connectivity index (χ0v) is 19.3. The molecule has 7 nitrogen and oxygen atoms in total. The van der Waals surface area contributed by atoms with Crippen LogP contribution in [0.5, 0.6) is 5.75 Å². The number of fused-ring (bicyclic) bond motifs is 1. The number of aromatic nitrogens is 3. The molecule has 2 heterocycles. The highest BCUT2D eigenvalue weighted by atomic mass is 16.5. The number of rotatable bonds is 6. The van der Waals surface area contributed by atoms with Crippen LogP contribution in [0.3, 0.4) is 0 Å². The minimum atomic E-state index is -0.164. The maximum absolute atomic E-state index is 12.9. The standard InChI is InChI=1S/C26H28N4O3/c1-26(2,3)20-10-8-18(9-11-20)24(31)27-12-13-29-14-15-30-23(25(29)32)17-22(28-30)19-6-5-7-21(16-19)33-4/h5-11,14-17H,12-13H2,1-4H3,(H,27,31). The number of nitrogens with one attached hydrogen (secondary N) is 1. The fourth-order valence-electron chi connectivity index (χ4n) is 3.64. The van der Waals surface area contributed by atoms with Crippen LogP contribution >= 0.6 is 0 Å². The van der Waals surface area contributed by atoms with Gasteiger partial charge < -0.3 is 14.6 Å². The van der Waals surface area contributed by atoms with E-state index in [1.807, 2.05) is 48.5 Å². The van der Waals surface area contributed by atoms with Crippen LogP contribution in [-0.2, 0) is 12.0 Å². The molecule has 0 radical (unpaired) electrons. The molecule has 0 saturated carbocycles. The first kappa shape index (κ1) is 22.3. The second kappa shape index (κ2) is 8.94. The molecule has 4 aromatic rings. The van der Waals surface area contributed by atoms with Crippen LogP contribution in [0, 0.1) is 0 Å². The molecule has 7 heteroatoms. The van der Waals surface area contributed by atoms with E-state index in [-0.39, 0.29) is 16.9 Å². The Balaban J connectivity index is 1.45. The zero-order valence-electron chi connectivity index (χ0n) is 19.3. The number of hydrogen-bond donors (Lipinski definition) is 1. The maximum Gasteiger partial charge on any atom is 0.276 e. The minimum Gasteiger partial charge on any atom is -0.497 e. The van der Waals surface area contributed by atoms with Crippen molar-refractivity contribution in [3.8, 4) is 17.0 Å². The van der Waals surface area contributed by atoms with E-state index >= 15 is 0 Å². The van der Waals surface area contributed by atoms with Crippen molar-refractivity contribution in [2.45, 2.75) is 32.7 Å². The lowest BCUT2D eigenvalue weighted by Gasteiger charge is -2.19. The van der Waals surface area contributed by atoms with Gasteiger partial charge in [0.05, 0.1) is 12.8 Å². The number of ether oxygens (including phenoxy) is 1. The van der Waals surface area contributed by atoms with Crippen molar-refractivity contribution in [1.29, 1.82) is 0 Å². The summed E-state index contributed by atoms with van der Waals surface area (Å²) in [4.78, 5) is 25.4. The van der Waals surface area contributed by atoms with Gasteiger partial charge in [0, 0.05) is 36.6 Å². The quantitative estimate of drug-likeness (QED) is 0.489. The van der Waals surface area contributed by atoms with Gasteiger partial charge in [-0.15, -0.1) is 0 Å². The molecule has 0 bridgehead atoms. The van der Waals surface area contributed by atoms with Gasteiger partial charge in [-0.25, -0.2) is 4.52 Å². The molecule has 2 aromatic carbocycles. The maximum atomic E-state index is 12.9. The van der Waals surface area contributed by atoms with Crippen LogP contribution in [0.15, 0.2) is 71.8 Å². The lowest BCUT2D eigenvalue weighted by Crippen LogP contribution is -2.31. The van der Waals surface area contributed by atoms with Crippen molar-refractivity contribution >= 4 is 11.4 Å². The number of nitrogens with zero attached hydrogens (tertiary/aromatic N) is 3. The first-order valence-electron chi connectivity index (χ1n) is 10.9. The summed E-state index contributed by atoms with van der Waals surface area (Å²) < 4.78 is 8.43. The predicted molar refractivity (Wildman–Crippen MR) is 129 cm³/mol. The second-order valence-corrected chi connectivity index (χ2v) is 8.97. The van der Waals surface area contributed by atoms with E-state index in [9.17, 15) is 9.59 Å². The second-order valence-electron chi connectivity index (χ2n) is 8.97. The third-order valence-electron chi connectivity index (χ3n) is 5.62. The summed E-state index contributed by atoms with van der Waals surface area (Å²) in [6.07, 6.45) is 3.43. The third kappa shape index (κ3) is 4.82. The van der Waals surface area contributed by atoms with E-state index in [1.165, 1.54) is 5.56 Å². The number of methoxy groups -OCH3 is 1. The highest BCUT2D eigenvalue weighted by Gasteiger charge is 2.14. The van der Waals surface area contributed by atoms with Gasteiger partial charge in [0.2, 0.25) is 0 Å². The lowest BCUT2D eigenvalue weighted by molar-refractivity contribution is 0.0952. The SMILES string of the molecule is COc1cccc(-c2cc3c(=O)n(CCNC(=O)c4ccc(C(C)(C)C)cc4)ccn3n2)c1. The molecule has 0 saturated heterocycles. The van der Waals surface area contributed by atoms with Crippen molar-refractivity contribution < 1.29 is 9.53 Å². The first-order chi connectivity index (χ1) is 15.8. The Morgan fingerprint density at radius 3 is 2.52 bits per heavy atom. The third-order valence-corrected chi connectivity index (χ3v) is 5.62. The van der Waals surface area contributed by atoms with Gasteiger partial charge in [-0.05, 0) is 41.3 Å². The van der Waals surface area contributed by atoms with Crippen molar-refractivity contribution in [2.75, 3.05) is 13.7 Å². The topological polar surface area (TPSA) is 77.6 Å². The Labute approximate surface area is 192 Å². The molecule has 1 amide bonds. The molecule has 0 fully saturated rings. The average Bonchev–Trinajstić information content (AvgIpc) is 3.25. The van der Waals surface area contributed by atoms with Gasteiger partial charge in [0.25, 0.3) is 11.5 Å². The molecule has 0 aliphatic rings. The smallest absolute Gasteiger partial charge is 0.276 e. The van der Waals surface area contributed by atoms with E-state index < -0.39 is 0 Å². The van der Waals surface area contributed by atoms with Crippen molar-refractivity contribution in [2.24, 2.45) is 0 Å². The highest BCUT2D eigenvalue weighted by Crippen LogP contribution is 2.23. The number of benzene rings is 2. The van der Waals surface area contributed by atoms with E-state index in [4.69, 9.17) is 4.74 Å². The molecule has 0 atom stereocenters. The lowest BCUT2D eigenvalue weighted by atomic mass is 9.87. The summed E-state index contributed by atoms with van der Waals surface area (Å²) in [7, 11) is 1.61. The fraction of sp³-hybridized carbons (Fsp3) is 0.269. The Morgan fingerprint density at radius 2 is 1.82 bits per heavy atom. The molecule has 4 rings (SSSR count). The Hall–Kier alpha value is -3.87. The summed E-state index contributed by atoms with van der Waals surface area (Å²) >= 11 is 0.